The van der Waals surface area contributed by atoms with Gasteiger partial charge in [-0.05, 0) is 31.4 Å². The number of amides is 1. The zero-order chi connectivity index (χ0) is 15.8. The van der Waals surface area contributed by atoms with Crippen LogP contribution >= 0.6 is 11.5 Å². The Labute approximate surface area is 140 Å². The molecule has 1 unspecified atom stereocenters. The molecule has 23 heavy (non-hydrogen) atoms. The highest BCUT2D eigenvalue weighted by atomic mass is 32.1. The third kappa shape index (κ3) is 2.72. The minimum atomic E-state index is 0.313. The normalized spacial score (nSPS) is 20.4. The monoisotopic (exact) mass is 328 g/mol. The molecule has 4 rings (SSSR count). The fourth-order valence-electron chi connectivity index (χ4n) is 3.57. The minimum Gasteiger partial charge on any atom is -0.343 e. The van der Waals surface area contributed by atoms with Gasteiger partial charge in [0.15, 0.2) is 0 Å². The molecule has 6 heteroatoms. The zero-order valence-electron chi connectivity index (χ0n) is 13.2. The number of carbonyl (C=O) groups excluding carboxylic acids is 1. The van der Waals surface area contributed by atoms with Gasteiger partial charge in [0.1, 0.15) is 5.82 Å². The molecule has 1 aromatic carbocycles. The van der Waals surface area contributed by atoms with Crippen molar-refractivity contribution in [3.8, 4) is 0 Å². The van der Waals surface area contributed by atoms with E-state index in [-0.39, 0.29) is 0 Å². The van der Waals surface area contributed by atoms with Crippen molar-refractivity contribution in [1.82, 2.24) is 14.3 Å². The van der Waals surface area contributed by atoms with Gasteiger partial charge in [-0.1, -0.05) is 18.2 Å². The number of hydrogen-bond acceptors (Lipinski definition) is 5. The lowest BCUT2D eigenvalue weighted by atomic mass is 9.98. The van der Waals surface area contributed by atoms with E-state index in [1.807, 2.05) is 11.8 Å². The molecule has 0 radical (unpaired) electrons. The van der Waals surface area contributed by atoms with Crippen LogP contribution in [0.2, 0.25) is 0 Å². The maximum Gasteiger partial charge on any atom is 0.222 e. The first-order valence-electron chi connectivity index (χ1n) is 8.17. The van der Waals surface area contributed by atoms with Gasteiger partial charge in [0.2, 0.25) is 11.0 Å². The van der Waals surface area contributed by atoms with Crippen molar-refractivity contribution in [1.29, 1.82) is 0 Å². The van der Waals surface area contributed by atoms with Gasteiger partial charge in [-0.25, -0.2) is 4.98 Å². The molecule has 0 aliphatic carbocycles. The van der Waals surface area contributed by atoms with Gasteiger partial charge in [0, 0.05) is 49.2 Å². The topological polar surface area (TPSA) is 49.3 Å². The third-order valence-corrected chi connectivity index (χ3v) is 5.57. The van der Waals surface area contributed by atoms with Crippen molar-refractivity contribution in [3.05, 3.63) is 35.7 Å². The smallest absolute Gasteiger partial charge is 0.222 e. The lowest BCUT2D eigenvalue weighted by Gasteiger charge is -2.19. The number of nitrogens with zero attached hydrogens (tertiary/aromatic N) is 4. The predicted molar refractivity (Wildman–Crippen MR) is 91.3 cm³/mol. The average Bonchev–Trinajstić information content (AvgIpc) is 3.24. The van der Waals surface area contributed by atoms with Crippen molar-refractivity contribution in [3.63, 3.8) is 0 Å². The first-order chi connectivity index (χ1) is 11.2. The van der Waals surface area contributed by atoms with E-state index in [1.54, 1.807) is 0 Å². The van der Waals surface area contributed by atoms with Crippen molar-refractivity contribution in [2.75, 3.05) is 24.5 Å². The molecule has 0 bridgehead atoms. The Hall–Kier alpha value is -1.95. The van der Waals surface area contributed by atoms with Crippen LogP contribution in [-0.4, -0.2) is 39.8 Å². The van der Waals surface area contributed by atoms with Gasteiger partial charge in [0.25, 0.3) is 0 Å². The Morgan fingerprint density at radius 1 is 1.35 bits per heavy atom. The molecule has 1 atom stereocenters. The Kier molecular flexibility index (Phi) is 3.77. The second kappa shape index (κ2) is 5.92. The number of aryl methyl sites for hydroxylation is 1. The van der Waals surface area contributed by atoms with Gasteiger partial charge in [-0.3, -0.25) is 4.79 Å². The van der Waals surface area contributed by atoms with E-state index in [2.05, 4.69) is 38.5 Å². The summed E-state index contributed by atoms with van der Waals surface area (Å²) in [5.74, 6) is 1.59. The Morgan fingerprint density at radius 3 is 2.96 bits per heavy atom. The zero-order valence-corrected chi connectivity index (χ0v) is 14.1. The molecule has 0 saturated carbocycles. The van der Waals surface area contributed by atoms with E-state index in [4.69, 9.17) is 0 Å². The second-order valence-corrected chi connectivity index (χ2v) is 6.99. The predicted octanol–water partition coefficient (Wildman–Crippen LogP) is 3.09. The van der Waals surface area contributed by atoms with E-state index in [1.165, 1.54) is 22.8 Å². The summed E-state index contributed by atoms with van der Waals surface area (Å²) in [5.41, 5.74) is 2.60. The average molecular weight is 328 g/mol. The quantitative estimate of drug-likeness (QED) is 0.865. The number of anilines is 2. The molecular formula is C17H20N4OS. The van der Waals surface area contributed by atoms with Crippen LogP contribution in [0, 0.1) is 6.92 Å². The molecule has 0 N–H and O–H groups in total. The van der Waals surface area contributed by atoms with Gasteiger partial charge >= 0.3 is 0 Å². The minimum absolute atomic E-state index is 0.313. The van der Waals surface area contributed by atoms with E-state index in [9.17, 15) is 4.79 Å². The highest BCUT2D eigenvalue weighted by Gasteiger charge is 2.31. The fourth-order valence-corrected chi connectivity index (χ4v) is 4.27. The fraction of sp³-hybridized carbons (Fsp3) is 0.471. The number of fused-ring (bicyclic) bond motifs is 1. The van der Waals surface area contributed by atoms with Crippen molar-refractivity contribution >= 4 is 28.3 Å². The van der Waals surface area contributed by atoms with Gasteiger partial charge in [-0.15, -0.1) is 0 Å². The Morgan fingerprint density at radius 2 is 2.22 bits per heavy atom. The van der Waals surface area contributed by atoms with Crippen LogP contribution in [0.3, 0.4) is 0 Å². The number of carbonyl (C=O) groups is 1. The lowest BCUT2D eigenvalue weighted by Crippen LogP contribution is -2.27. The molecule has 2 aliphatic rings. The Bertz CT molecular complexity index is 729. The Balaban J connectivity index is 1.54. The number of hydrogen-bond donors (Lipinski definition) is 0. The maximum absolute atomic E-state index is 11.8. The molecule has 1 aromatic heterocycles. The molecular weight excluding hydrogens is 308 g/mol. The lowest BCUT2D eigenvalue weighted by molar-refractivity contribution is -0.127. The van der Waals surface area contributed by atoms with Crippen LogP contribution < -0.4 is 4.90 Å². The van der Waals surface area contributed by atoms with E-state index in [0.29, 0.717) is 11.8 Å². The SMILES string of the molecule is Cc1nsc(N2CC(CCN3CCCC3=O)c3ccccc32)n1. The van der Waals surface area contributed by atoms with Crippen LogP contribution in [0.1, 0.15) is 36.6 Å². The summed E-state index contributed by atoms with van der Waals surface area (Å²) in [6.45, 7) is 4.64. The molecule has 2 aliphatic heterocycles. The molecule has 5 nitrogen and oxygen atoms in total. The van der Waals surface area contributed by atoms with Crippen LogP contribution in [0.4, 0.5) is 10.8 Å². The standard InChI is InChI=1S/C17H20N4OS/c1-12-18-17(23-19-12)21-11-13(14-5-2-3-6-15(14)21)8-10-20-9-4-7-16(20)22/h2-3,5-6,13H,4,7-11H2,1H3. The highest BCUT2D eigenvalue weighted by molar-refractivity contribution is 7.09. The molecule has 1 amide bonds. The molecule has 0 spiro atoms. The summed E-state index contributed by atoms with van der Waals surface area (Å²) in [6.07, 6.45) is 2.74. The summed E-state index contributed by atoms with van der Waals surface area (Å²) in [4.78, 5) is 20.6. The number of para-hydroxylation sites is 1. The number of aromatic nitrogens is 2. The van der Waals surface area contributed by atoms with Crippen molar-refractivity contribution < 1.29 is 4.79 Å². The summed E-state index contributed by atoms with van der Waals surface area (Å²) < 4.78 is 4.31. The highest BCUT2D eigenvalue weighted by Crippen LogP contribution is 2.42. The van der Waals surface area contributed by atoms with Crippen molar-refractivity contribution in [2.45, 2.75) is 32.1 Å². The van der Waals surface area contributed by atoms with Crippen LogP contribution in [0.25, 0.3) is 0 Å². The van der Waals surface area contributed by atoms with Crippen LogP contribution in [-0.2, 0) is 4.79 Å². The van der Waals surface area contributed by atoms with Crippen LogP contribution in [0.5, 0.6) is 0 Å². The van der Waals surface area contributed by atoms with Gasteiger partial charge in [-0.2, -0.15) is 4.37 Å². The van der Waals surface area contributed by atoms with E-state index in [0.717, 1.165) is 49.9 Å². The largest absolute Gasteiger partial charge is 0.343 e. The number of benzene rings is 1. The molecule has 3 heterocycles. The summed E-state index contributed by atoms with van der Waals surface area (Å²) in [6, 6.07) is 8.54. The van der Waals surface area contributed by atoms with E-state index >= 15 is 0 Å². The number of likely N-dealkylation sites (tertiary alicyclic amines) is 1. The molecule has 2 aromatic rings. The molecule has 1 fully saturated rings. The molecule has 1 saturated heterocycles. The second-order valence-electron chi connectivity index (χ2n) is 6.26. The van der Waals surface area contributed by atoms with Gasteiger partial charge in [0.05, 0.1) is 0 Å². The summed E-state index contributed by atoms with van der Waals surface area (Å²) in [5, 5.41) is 0.967. The first-order valence-corrected chi connectivity index (χ1v) is 8.94. The third-order valence-electron chi connectivity index (χ3n) is 4.74. The molecule has 120 valence electrons. The maximum atomic E-state index is 11.8. The first kappa shape index (κ1) is 14.6. The van der Waals surface area contributed by atoms with Crippen molar-refractivity contribution in [2.24, 2.45) is 0 Å². The summed E-state index contributed by atoms with van der Waals surface area (Å²) in [7, 11) is 0. The number of rotatable bonds is 4. The van der Waals surface area contributed by atoms with Gasteiger partial charge < -0.3 is 9.80 Å². The summed E-state index contributed by atoms with van der Waals surface area (Å²) >= 11 is 1.46. The van der Waals surface area contributed by atoms with Crippen LogP contribution in [0.15, 0.2) is 24.3 Å². The van der Waals surface area contributed by atoms with E-state index < -0.39 is 0 Å².